The first-order valence-corrected chi connectivity index (χ1v) is 3.95. The van der Waals surface area contributed by atoms with Gasteiger partial charge in [-0.1, -0.05) is 0 Å². The molecule has 0 aromatic heterocycles. The highest BCUT2D eigenvalue weighted by molar-refractivity contribution is 6.00. The lowest BCUT2D eigenvalue weighted by Crippen LogP contribution is -2.34. The van der Waals surface area contributed by atoms with Gasteiger partial charge < -0.3 is 9.47 Å². The predicted molar refractivity (Wildman–Crippen MR) is 40.3 cm³/mol. The van der Waals surface area contributed by atoms with Gasteiger partial charge >= 0.3 is 11.9 Å². The van der Waals surface area contributed by atoms with Crippen LogP contribution in [0.3, 0.4) is 0 Å². The van der Waals surface area contributed by atoms with Crippen molar-refractivity contribution in [2.75, 3.05) is 13.2 Å². The highest BCUT2D eigenvalue weighted by atomic mass is 16.6. The first kappa shape index (κ1) is 9.03. The van der Waals surface area contributed by atoms with Crippen molar-refractivity contribution < 1.29 is 19.1 Å². The van der Waals surface area contributed by atoms with Crippen molar-refractivity contribution in [2.24, 2.45) is 5.41 Å². The number of rotatable bonds is 2. The highest BCUT2D eigenvalue weighted by Gasteiger charge is 2.48. The van der Waals surface area contributed by atoms with Crippen LogP contribution in [0.5, 0.6) is 0 Å². The van der Waals surface area contributed by atoms with Gasteiger partial charge in [-0.2, -0.15) is 0 Å². The standard InChI is InChI=1S/C8H12O4/c1-3-11-6(9)8(2)4-5-12-7(8)10/h3-5H2,1-2H3. The summed E-state index contributed by atoms with van der Waals surface area (Å²) in [7, 11) is 0. The van der Waals surface area contributed by atoms with E-state index >= 15 is 0 Å². The molecule has 1 atom stereocenters. The van der Waals surface area contributed by atoms with Crippen LogP contribution in [0.15, 0.2) is 0 Å². The van der Waals surface area contributed by atoms with Gasteiger partial charge in [-0.15, -0.1) is 0 Å². The zero-order chi connectivity index (χ0) is 9.19. The van der Waals surface area contributed by atoms with E-state index in [0.29, 0.717) is 19.6 Å². The van der Waals surface area contributed by atoms with E-state index in [4.69, 9.17) is 9.47 Å². The maximum absolute atomic E-state index is 11.3. The number of esters is 2. The van der Waals surface area contributed by atoms with Crippen LogP contribution < -0.4 is 0 Å². The van der Waals surface area contributed by atoms with E-state index in [2.05, 4.69) is 0 Å². The lowest BCUT2D eigenvalue weighted by molar-refractivity contribution is -0.163. The molecule has 0 aliphatic carbocycles. The van der Waals surface area contributed by atoms with Crippen LogP contribution in [0.4, 0.5) is 0 Å². The van der Waals surface area contributed by atoms with Gasteiger partial charge in [-0.3, -0.25) is 9.59 Å². The molecule has 1 unspecified atom stereocenters. The third-order valence-corrected chi connectivity index (χ3v) is 2.01. The third-order valence-electron chi connectivity index (χ3n) is 2.01. The lowest BCUT2D eigenvalue weighted by atomic mass is 9.89. The summed E-state index contributed by atoms with van der Waals surface area (Å²) < 4.78 is 9.46. The molecule has 1 heterocycles. The maximum Gasteiger partial charge on any atom is 0.323 e. The molecule has 0 aromatic rings. The van der Waals surface area contributed by atoms with Crippen molar-refractivity contribution in [2.45, 2.75) is 20.3 Å². The SMILES string of the molecule is CCOC(=O)C1(C)CCOC1=O. The first-order chi connectivity index (χ1) is 5.61. The summed E-state index contributed by atoms with van der Waals surface area (Å²) in [4.78, 5) is 22.3. The molecule has 4 nitrogen and oxygen atoms in total. The minimum atomic E-state index is -1.06. The molecule has 0 bridgehead atoms. The Morgan fingerprint density at radius 2 is 2.42 bits per heavy atom. The van der Waals surface area contributed by atoms with E-state index in [-0.39, 0.29) is 0 Å². The number of cyclic esters (lactones) is 1. The predicted octanol–water partition coefficient (Wildman–Crippen LogP) is 0.503. The molecule has 68 valence electrons. The normalized spacial score (nSPS) is 28.3. The second-order valence-corrected chi connectivity index (χ2v) is 2.94. The van der Waals surface area contributed by atoms with Crippen molar-refractivity contribution in [1.29, 1.82) is 0 Å². The molecule has 12 heavy (non-hydrogen) atoms. The van der Waals surface area contributed by atoms with Gasteiger partial charge in [0.15, 0.2) is 5.41 Å². The van der Waals surface area contributed by atoms with E-state index in [1.54, 1.807) is 13.8 Å². The van der Waals surface area contributed by atoms with Crippen LogP contribution in [0, 0.1) is 5.41 Å². The Morgan fingerprint density at radius 1 is 1.75 bits per heavy atom. The fourth-order valence-electron chi connectivity index (χ4n) is 1.08. The van der Waals surface area contributed by atoms with Crippen molar-refractivity contribution in [1.82, 2.24) is 0 Å². The zero-order valence-corrected chi connectivity index (χ0v) is 7.25. The maximum atomic E-state index is 11.3. The highest BCUT2D eigenvalue weighted by Crippen LogP contribution is 2.30. The fourth-order valence-corrected chi connectivity index (χ4v) is 1.08. The fraction of sp³-hybridized carbons (Fsp3) is 0.750. The number of hydrogen-bond donors (Lipinski definition) is 0. The number of ether oxygens (including phenoxy) is 2. The van der Waals surface area contributed by atoms with Crippen LogP contribution >= 0.6 is 0 Å². The van der Waals surface area contributed by atoms with Crippen LogP contribution in [0.25, 0.3) is 0 Å². The van der Waals surface area contributed by atoms with Gasteiger partial charge in [0.2, 0.25) is 0 Å². The van der Waals surface area contributed by atoms with Gasteiger partial charge in [0.1, 0.15) is 0 Å². The molecule has 0 radical (unpaired) electrons. The average Bonchev–Trinajstić information content (AvgIpc) is 2.34. The summed E-state index contributed by atoms with van der Waals surface area (Å²) in [6.45, 7) is 3.87. The Hall–Kier alpha value is -1.06. The minimum Gasteiger partial charge on any atom is -0.465 e. The molecular formula is C8H12O4. The van der Waals surface area contributed by atoms with Crippen LogP contribution in [0.2, 0.25) is 0 Å². The lowest BCUT2D eigenvalue weighted by Gasteiger charge is -2.15. The molecule has 1 aliphatic rings. The molecule has 1 rings (SSSR count). The van der Waals surface area contributed by atoms with Crippen molar-refractivity contribution >= 4 is 11.9 Å². The Kier molecular flexibility index (Phi) is 2.35. The Morgan fingerprint density at radius 3 is 2.83 bits per heavy atom. The Balaban J connectivity index is 2.70. The topological polar surface area (TPSA) is 52.6 Å². The summed E-state index contributed by atoms with van der Waals surface area (Å²) in [6, 6.07) is 0. The van der Waals surface area contributed by atoms with E-state index in [1.165, 1.54) is 0 Å². The second-order valence-electron chi connectivity index (χ2n) is 2.94. The molecular weight excluding hydrogens is 160 g/mol. The van der Waals surface area contributed by atoms with Crippen molar-refractivity contribution in [3.8, 4) is 0 Å². The summed E-state index contributed by atoms with van der Waals surface area (Å²) >= 11 is 0. The monoisotopic (exact) mass is 172 g/mol. The van der Waals surface area contributed by atoms with Crippen LogP contribution in [0.1, 0.15) is 20.3 Å². The third kappa shape index (κ3) is 1.29. The number of carbonyl (C=O) groups is 2. The van der Waals surface area contributed by atoms with Crippen LogP contribution in [-0.4, -0.2) is 25.2 Å². The zero-order valence-electron chi connectivity index (χ0n) is 7.25. The molecule has 1 saturated heterocycles. The smallest absolute Gasteiger partial charge is 0.323 e. The van der Waals surface area contributed by atoms with E-state index < -0.39 is 17.4 Å². The average molecular weight is 172 g/mol. The first-order valence-electron chi connectivity index (χ1n) is 3.95. The molecule has 0 spiro atoms. The number of hydrogen-bond acceptors (Lipinski definition) is 4. The van der Waals surface area contributed by atoms with Crippen LogP contribution in [-0.2, 0) is 19.1 Å². The van der Waals surface area contributed by atoms with Gasteiger partial charge in [0.25, 0.3) is 0 Å². The molecule has 1 aliphatic heterocycles. The van der Waals surface area contributed by atoms with E-state index in [9.17, 15) is 9.59 Å². The molecule has 0 aromatic carbocycles. The molecule has 0 N–H and O–H groups in total. The Bertz CT molecular complexity index is 211. The molecule has 0 saturated carbocycles. The summed E-state index contributed by atoms with van der Waals surface area (Å²) in [5, 5.41) is 0. The van der Waals surface area contributed by atoms with Gasteiger partial charge in [-0.25, -0.2) is 0 Å². The second kappa shape index (κ2) is 3.13. The van der Waals surface area contributed by atoms with Gasteiger partial charge in [0.05, 0.1) is 13.2 Å². The minimum absolute atomic E-state index is 0.293. The number of carbonyl (C=O) groups excluding carboxylic acids is 2. The molecule has 0 amide bonds. The molecule has 1 fully saturated rings. The van der Waals surface area contributed by atoms with Crippen molar-refractivity contribution in [3.63, 3.8) is 0 Å². The molecule has 4 heteroatoms. The van der Waals surface area contributed by atoms with E-state index in [0.717, 1.165) is 0 Å². The summed E-state index contributed by atoms with van der Waals surface area (Å²) in [6.07, 6.45) is 0.421. The quantitative estimate of drug-likeness (QED) is 0.449. The van der Waals surface area contributed by atoms with Crippen molar-refractivity contribution in [3.05, 3.63) is 0 Å². The largest absolute Gasteiger partial charge is 0.465 e. The summed E-state index contributed by atoms with van der Waals surface area (Å²) in [5.41, 5.74) is -1.06. The summed E-state index contributed by atoms with van der Waals surface area (Å²) in [5.74, 6) is -0.951. The Labute approximate surface area is 70.8 Å². The van der Waals surface area contributed by atoms with Gasteiger partial charge in [0, 0.05) is 6.42 Å². The van der Waals surface area contributed by atoms with Gasteiger partial charge in [-0.05, 0) is 13.8 Å². The van der Waals surface area contributed by atoms with E-state index in [1.807, 2.05) is 0 Å².